The normalized spacial score (nSPS) is 12.3. The predicted octanol–water partition coefficient (Wildman–Crippen LogP) is 0.652. The van der Waals surface area contributed by atoms with Gasteiger partial charge < -0.3 is 15.5 Å². The number of nitrogens with one attached hydrogen (secondary N) is 2. The van der Waals surface area contributed by atoms with Crippen LogP contribution in [0.2, 0.25) is 0 Å². The first-order valence-electron chi connectivity index (χ1n) is 10.6. The van der Waals surface area contributed by atoms with Gasteiger partial charge in [-0.15, -0.1) is 0 Å². The highest BCUT2D eigenvalue weighted by atomic mass is 32.1. The summed E-state index contributed by atoms with van der Waals surface area (Å²) in [5.74, 6) is -0.709. The number of hydrogen-bond acceptors (Lipinski definition) is 7. The molecule has 1 amide bonds. The monoisotopic (exact) mass is 460 g/mol. The Morgan fingerprint density at radius 2 is 2.12 bits per heavy atom. The minimum atomic E-state index is -0.709. The van der Waals surface area contributed by atoms with E-state index in [0.717, 1.165) is 30.0 Å². The highest BCUT2D eigenvalue weighted by Gasteiger charge is 2.12. The molecular weight excluding hydrogens is 436 g/mol. The van der Waals surface area contributed by atoms with Crippen LogP contribution in [-0.4, -0.2) is 41.6 Å². The topological polar surface area (TPSA) is 114 Å². The van der Waals surface area contributed by atoms with Gasteiger partial charge >= 0.3 is 0 Å². The first-order chi connectivity index (χ1) is 16.0. The molecule has 1 fully saturated rings. The van der Waals surface area contributed by atoms with E-state index in [1.54, 1.807) is 25.3 Å². The second kappa shape index (κ2) is 11.7. The Kier molecular flexibility index (Phi) is 8.43. The molecule has 1 aromatic carbocycles. The number of nitriles is 2. The number of nitrogens with zero attached hydrogens (tertiary/aromatic N) is 4. The van der Waals surface area contributed by atoms with Gasteiger partial charge in [0, 0.05) is 25.0 Å². The molecule has 2 N–H and O–H groups in total. The third-order valence-electron chi connectivity index (χ3n) is 5.13. The summed E-state index contributed by atoms with van der Waals surface area (Å²) < 4.78 is 2.09. The van der Waals surface area contributed by atoms with E-state index in [1.807, 2.05) is 12.1 Å². The molecule has 0 radical (unpaired) electrons. The van der Waals surface area contributed by atoms with Gasteiger partial charge in [-0.05, 0) is 50.6 Å². The average Bonchev–Trinajstić information content (AvgIpc) is 3.09. The Labute approximate surface area is 195 Å². The van der Waals surface area contributed by atoms with Crippen LogP contribution in [0.4, 0.5) is 5.69 Å². The average molecular weight is 461 g/mol. The van der Waals surface area contributed by atoms with Crippen molar-refractivity contribution in [1.82, 2.24) is 14.8 Å². The van der Waals surface area contributed by atoms with Gasteiger partial charge in [-0.25, -0.2) is 0 Å². The predicted molar refractivity (Wildman–Crippen MR) is 127 cm³/mol. The van der Waals surface area contributed by atoms with Crippen molar-refractivity contribution in [3.63, 3.8) is 0 Å². The molecule has 1 saturated heterocycles. The van der Waals surface area contributed by atoms with Crippen molar-refractivity contribution in [2.45, 2.75) is 26.3 Å². The maximum Gasteiger partial charge on any atom is 0.277 e. The standard InChI is InChI=1S/C24H24N6O2S/c1-2-30-22(16-19(17-26)23(31)28-11-9-25)33-21(24(30)32)7-10-27-20-6-3-5-18(15-20)8-14-29-12-4-13-29/h3,5-6,10,15,27H,2,4,8,11-14H2,1H3,(H,28,31). The molecule has 1 aliphatic heterocycles. The van der Waals surface area contributed by atoms with Crippen LogP contribution >= 0.6 is 11.3 Å². The van der Waals surface area contributed by atoms with Crippen LogP contribution < -0.4 is 25.4 Å². The van der Waals surface area contributed by atoms with E-state index < -0.39 is 5.91 Å². The Morgan fingerprint density at radius 1 is 1.30 bits per heavy atom. The molecule has 0 spiro atoms. The molecule has 8 nitrogen and oxygen atoms in total. The summed E-state index contributed by atoms with van der Waals surface area (Å²) in [5.41, 5.74) is 7.24. The minimum absolute atomic E-state index is 0.219. The molecule has 2 heterocycles. The molecule has 2 aromatic rings. The lowest BCUT2D eigenvalue weighted by Gasteiger charge is -2.30. The lowest BCUT2D eigenvalue weighted by molar-refractivity contribution is -0.116. The maximum absolute atomic E-state index is 12.7. The van der Waals surface area contributed by atoms with Crippen LogP contribution in [0, 0.1) is 22.7 Å². The van der Waals surface area contributed by atoms with Crippen molar-refractivity contribution >= 4 is 34.4 Å². The van der Waals surface area contributed by atoms with Gasteiger partial charge in [-0.3, -0.25) is 14.2 Å². The number of carbonyl (C=O) groups excluding carboxylic acids is 1. The number of anilines is 1. The third-order valence-corrected chi connectivity index (χ3v) is 6.15. The summed E-state index contributed by atoms with van der Waals surface area (Å²) in [6, 6.07) is 11.7. The van der Waals surface area contributed by atoms with E-state index in [-0.39, 0.29) is 17.7 Å². The molecule has 3 rings (SSSR count). The first-order valence-corrected chi connectivity index (χ1v) is 11.5. The molecule has 33 heavy (non-hydrogen) atoms. The molecule has 0 aliphatic carbocycles. The number of carbonyl (C=O) groups is 1. The van der Waals surface area contributed by atoms with Crippen LogP contribution in [0.5, 0.6) is 0 Å². The van der Waals surface area contributed by atoms with E-state index >= 15 is 0 Å². The molecule has 0 atom stereocenters. The zero-order valence-corrected chi connectivity index (χ0v) is 19.2. The number of hydrogen-bond donors (Lipinski definition) is 2. The van der Waals surface area contributed by atoms with Crippen LogP contribution in [0.25, 0.3) is 11.5 Å². The number of amides is 1. The molecule has 9 heteroatoms. The summed E-state index contributed by atoms with van der Waals surface area (Å²) >= 11 is 1.09. The van der Waals surface area contributed by atoms with Crippen molar-refractivity contribution < 1.29 is 4.79 Å². The lowest BCUT2D eigenvalue weighted by atomic mass is 10.1. The van der Waals surface area contributed by atoms with E-state index in [1.165, 1.54) is 29.6 Å². The Balaban J connectivity index is 1.87. The van der Waals surface area contributed by atoms with Gasteiger partial charge in [-0.2, -0.15) is 10.5 Å². The molecule has 0 bridgehead atoms. The summed E-state index contributed by atoms with van der Waals surface area (Å²) in [5, 5.41) is 23.3. The van der Waals surface area contributed by atoms with Gasteiger partial charge in [0.05, 0.1) is 6.07 Å². The Bertz CT molecular complexity index is 1360. The Hall–Kier alpha value is -3.84. The summed E-state index contributed by atoms with van der Waals surface area (Å²) in [6.07, 6.45) is 3.86. The van der Waals surface area contributed by atoms with Crippen LogP contribution in [-0.2, 0) is 17.8 Å². The quantitative estimate of drug-likeness (QED) is 0.340. The highest BCUT2D eigenvalue weighted by Crippen LogP contribution is 2.13. The largest absolute Gasteiger partial charge is 0.355 e. The number of aromatic nitrogens is 1. The van der Waals surface area contributed by atoms with E-state index in [4.69, 9.17) is 5.26 Å². The smallest absolute Gasteiger partial charge is 0.277 e. The number of thiazole rings is 1. The van der Waals surface area contributed by atoms with Gasteiger partial charge in [0.15, 0.2) is 5.57 Å². The van der Waals surface area contributed by atoms with Crippen molar-refractivity contribution in [2.75, 3.05) is 31.5 Å². The summed E-state index contributed by atoms with van der Waals surface area (Å²) in [4.78, 5) is 27.1. The Morgan fingerprint density at radius 3 is 2.79 bits per heavy atom. The van der Waals surface area contributed by atoms with E-state index in [2.05, 4.69) is 39.1 Å². The zero-order chi connectivity index (χ0) is 23.6. The molecule has 1 aromatic heterocycles. The van der Waals surface area contributed by atoms with Gasteiger partial charge in [0.1, 0.15) is 21.8 Å². The van der Waals surface area contributed by atoms with E-state index in [0.29, 0.717) is 15.7 Å². The van der Waals surface area contributed by atoms with E-state index in [9.17, 15) is 14.9 Å². The fraction of sp³-hybridized carbons (Fsp3) is 0.333. The molecule has 0 unspecified atom stereocenters. The molecule has 0 saturated carbocycles. The molecule has 1 aliphatic rings. The minimum Gasteiger partial charge on any atom is -0.355 e. The first kappa shape index (κ1) is 23.8. The second-order valence-electron chi connectivity index (χ2n) is 7.32. The lowest BCUT2D eigenvalue weighted by Crippen LogP contribution is -2.38. The highest BCUT2D eigenvalue weighted by molar-refractivity contribution is 7.07. The SMILES string of the molecule is CCn1c(=C=C(C#N)C(=O)NCC#N)sc(=C=CNc2cccc(CCN3CCC3)c2)c1=O. The molecular formula is C24H24N6O2S. The van der Waals surface area contributed by atoms with Gasteiger partial charge in [0.2, 0.25) is 0 Å². The van der Waals surface area contributed by atoms with Gasteiger partial charge in [-0.1, -0.05) is 34.9 Å². The second-order valence-corrected chi connectivity index (χ2v) is 8.32. The van der Waals surface area contributed by atoms with Crippen molar-refractivity contribution in [2.24, 2.45) is 0 Å². The van der Waals surface area contributed by atoms with Crippen molar-refractivity contribution in [3.05, 3.63) is 61.2 Å². The summed E-state index contributed by atoms with van der Waals surface area (Å²) in [6.45, 7) is 5.34. The van der Waals surface area contributed by atoms with Crippen molar-refractivity contribution in [3.8, 4) is 12.1 Å². The fourth-order valence-electron chi connectivity index (χ4n) is 3.23. The van der Waals surface area contributed by atoms with Gasteiger partial charge in [0.25, 0.3) is 11.5 Å². The van der Waals surface area contributed by atoms with Crippen LogP contribution in [0.15, 0.2) is 40.8 Å². The number of benzene rings is 1. The summed E-state index contributed by atoms with van der Waals surface area (Å²) in [7, 11) is 0. The molecule has 168 valence electrons. The third kappa shape index (κ3) is 6.33. The number of rotatable bonds is 8. The van der Waals surface area contributed by atoms with Crippen LogP contribution in [0.3, 0.4) is 0 Å². The van der Waals surface area contributed by atoms with Crippen LogP contribution in [0.1, 0.15) is 18.9 Å². The van der Waals surface area contributed by atoms with Crippen molar-refractivity contribution in [1.29, 1.82) is 10.5 Å². The fourth-order valence-corrected chi connectivity index (χ4v) is 4.21. The maximum atomic E-state index is 12.7. The number of likely N-dealkylation sites (tertiary alicyclic amines) is 1. The zero-order valence-electron chi connectivity index (χ0n) is 18.4.